The number of para-hydroxylation sites is 1. The molecule has 0 aromatic heterocycles. The van der Waals surface area contributed by atoms with E-state index in [1.807, 2.05) is 54.3 Å². The summed E-state index contributed by atoms with van der Waals surface area (Å²) in [5, 5.41) is 0. The fraction of sp³-hybridized carbons (Fsp3) is 0.333. The lowest BCUT2D eigenvalue weighted by Crippen LogP contribution is -2.51. The third-order valence-electron chi connectivity index (χ3n) is 4.74. The molecule has 1 aliphatic rings. The van der Waals surface area contributed by atoms with Crippen LogP contribution >= 0.6 is 0 Å². The number of carbonyl (C=O) groups is 2. The average Bonchev–Trinajstić information content (AvgIpc) is 2.66. The van der Waals surface area contributed by atoms with Gasteiger partial charge in [0, 0.05) is 44.5 Å². The maximum atomic E-state index is 12.7. The number of hydrogen-bond donors (Lipinski definition) is 0. The number of piperazine rings is 1. The van der Waals surface area contributed by atoms with Gasteiger partial charge in [-0.05, 0) is 36.8 Å². The molecule has 5 nitrogen and oxygen atoms in total. The van der Waals surface area contributed by atoms with Crippen molar-refractivity contribution in [2.45, 2.75) is 13.8 Å². The zero-order valence-corrected chi connectivity index (χ0v) is 15.4. The van der Waals surface area contributed by atoms with Crippen molar-refractivity contribution in [3.63, 3.8) is 0 Å². The van der Waals surface area contributed by atoms with Crippen LogP contribution in [0.25, 0.3) is 0 Å². The molecule has 5 heteroatoms. The van der Waals surface area contributed by atoms with E-state index in [9.17, 15) is 9.59 Å². The molecule has 0 unspecified atom stereocenters. The number of aryl methyl sites for hydroxylation is 1. The number of anilines is 2. The highest BCUT2D eigenvalue weighted by Gasteiger charge is 2.24. The Morgan fingerprint density at radius 1 is 0.962 bits per heavy atom. The standard InChI is InChI=1S/C21H25N3O2/c1-17-7-6-10-20(15-17)24(18(2)25)16-21(26)23-13-11-22(12-14-23)19-8-4-3-5-9-19/h3-10,15H,11-14,16H2,1-2H3. The summed E-state index contributed by atoms with van der Waals surface area (Å²) in [6.07, 6.45) is 0. The molecular formula is C21H25N3O2. The summed E-state index contributed by atoms with van der Waals surface area (Å²) in [4.78, 5) is 30.5. The topological polar surface area (TPSA) is 43.9 Å². The number of amides is 2. The Kier molecular flexibility index (Phi) is 5.56. The van der Waals surface area contributed by atoms with Gasteiger partial charge in [0.1, 0.15) is 6.54 Å². The van der Waals surface area contributed by atoms with Crippen molar-refractivity contribution < 1.29 is 9.59 Å². The minimum Gasteiger partial charge on any atom is -0.368 e. The molecule has 0 spiro atoms. The van der Waals surface area contributed by atoms with E-state index in [-0.39, 0.29) is 18.4 Å². The summed E-state index contributed by atoms with van der Waals surface area (Å²) < 4.78 is 0. The van der Waals surface area contributed by atoms with Crippen molar-refractivity contribution in [2.75, 3.05) is 42.5 Å². The molecule has 136 valence electrons. The first-order valence-electron chi connectivity index (χ1n) is 8.97. The molecular weight excluding hydrogens is 326 g/mol. The molecule has 2 aromatic carbocycles. The average molecular weight is 351 g/mol. The van der Waals surface area contributed by atoms with Gasteiger partial charge < -0.3 is 14.7 Å². The van der Waals surface area contributed by atoms with E-state index < -0.39 is 0 Å². The highest BCUT2D eigenvalue weighted by atomic mass is 16.2. The summed E-state index contributed by atoms with van der Waals surface area (Å²) in [6, 6.07) is 17.9. The fourth-order valence-corrected chi connectivity index (χ4v) is 3.27. The number of benzene rings is 2. The highest BCUT2D eigenvalue weighted by molar-refractivity contribution is 5.97. The van der Waals surface area contributed by atoms with Crippen LogP contribution in [0.15, 0.2) is 54.6 Å². The number of hydrogen-bond acceptors (Lipinski definition) is 3. The van der Waals surface area contributed by atoms with Gasteiger partial charge in [-0.3, -0.25) is 9.59 Å². The lowest BCUT2D eigenvalue weighted by atomic mass is 10.2. The summed E-state index contributed by atoms with van der Waals surface area (Å²) in [5.74, 6) is -0.124. The van der Waals surface area contributed by atoms with E-state index in [1.165, 1.54) is 12.6 Å². The van der Waals surface area contributed by atoms with Gasteiger partial charge in [-0.1, -0.05) is 30.3 Å². The Bertz CT molecular complexity index is 768. The quantitative estimate of drug-likeness (QED) is 0.851. The Hall–Kier alpha value is -2.82. The predicted octanol–water partition coefficient (Wildman–Crippen LogP) is 2.70. The zero-order valence-electron chi connectivity index (χ0n) is 15.4. The Labute approximate surface area is 154 Å². The third kappa shape index (κ3) is 4.23. The molecule has 0 aliphatic carbocycles. The minimum atomic E-state index is -0.119. The first-order valence-corrected chi connectivity index (χ1v) is 8.97. The minimum absolute atomic E-state index is 0.00517. The van der Waals surface area contributed by atoms with E-state index >= 15 is 0 Å². The van der Waals surface area contributed by atoms with Crippen LogP contribution in [-0.4, -0.2) is 49.4 Å². The lowest BCUT2D eigenvalue weighted by molar-refractivity contribution is -0.131. The van der Waals surface area contributed by atoms with Crippen LogP contribution in [0.2, 0.25) is 0 Å². The van der Waals surface area contributed by atoms with E-state index in [0.29, 0.717) is 13.1 Å². The number of rotatable bonds is 4. The maximum absolute atomic E-state index is 12.7. The van der Waals surface area contributed by atoms with Crippen LogP contribution in [0.3, 0.4) is 0 Å². The van der Waals surface area contributed by atoms with Gasteiger partial charge in [0.05, 0.1) is 0 Å². The van der Waals surface area contributed by atoms with Crippen LogP contribution in [-0.2, 0) is 9.59 Å². The predicted molar refractivity (Wildman–Crippen MR) is 104 cm³/mol. The van der Waals surface area contributed by atoms with E-state index in [2.05, 4.69) is 17.0 Å². The molecule has 1 aliphatic heterocycles. The van der Waals surface area contributed by atoms with Gasteiger partial charge in [0.25, 0.3) is 0 Å². The van der Waals surface area contributed by atoms with Crippen LogP contribution in [0.5, 0.6) is 0 Å². The molecule has 2 aromatic rings. The van der Waals surface area contributed by atoms with Gasteiger partial charge in [0.15, 0.2) is 0 Å². The normalized spacial score (nSPS) is 14.2. The van der Waals surface area contributed by atoms with Crippen molar-refractivity contribution in [3.8, 4) is 0 Å². The molecule has 3 rings (SSSR count). The van der Waals surface area contributed by atoms with Gasteiger partial charge in [-0.25, -0.2) is 0 Å². The summed E-state index contributed by atoms with van der Waals surface area (Å²) in [6.45, 7) is 6.53. The second-order valence-corrected chi connectivity index (χ2v) is 6.65. The Morgan fingerprint density at radius 2 is 1.65 bits per heavy atom. The molecule has 0 saturated carbocycles. The van der Waals surface area contributed by atoms with Gasteiger partial charge in [-0.15, -0.1) is 0 Å². The summed E-state index contributed by atoms with van der Waals surface area (Å²) in [7, 11) is 0. The van der Waals surface area contributed by atoms with Crippen LogP contribution in [0.4, 0.5) is 11.4 Å². The molecule has 0 bridgehead atoms. The van der Waals surface area contributed by atoms with Crippen molar-refractivity contribution >= 4 is 23.2 Å². The third-order valence-corrected chi connectivity index (χ3v) is 4.74. The zero-order chi connectivity index (χ0) is 18.5. The largest absolute Gasteiger partial charge is 0.368 e. The van der Waals surface area contributed by atoms with Crippen molar-refractivity contribution in [1.82, 2.24) is 4.90 Å². The SMILES string of the molecule is CC(=O)N(CC(=O)N1CCN(c2ccccc2)CC1)c1cccc(C)c1. The number of nitrogens with zero attached hydrogens (tertiary/aromatic N) is 3. The first kappa shape index (κ1) is 18.0. The number of carbonyl (C=O) groups excluding carboxylic acids is 2. The van der Waals surface area contributed by atoms with Gasteiger partial charge in [-0.2, -0.15) is 0 Å². The second kappa shape index (κ2) is 8.04. The molecule has 26 heavy (non-hydrogen) atoms. The van der Waals surface area contributed by atoms with E-state index in [0.717, 1.165) is 24.3 Å². The second-order valence-electron chi connectivity index (χ2n) is 6.65. The summed E-state index contributed by atoms with van der Waals surface area (Å²) in [5.41, 5.74) is 3.02. The molecule has 1 fully saturated rings. The van der Waals surface area contributed by atoms with Crippen LogP contribution < -0.4 is 9.80 Å². The molecule has 0 N–H and O–H groups in total. The van der Waals surface area contributed by atoms with E-state index in [1.54, 1.807) is 4.90 Å². The van der Waals surface area contributed by atoms with Crippen LogP contribution in [0.1, 0.15) is 12.5 Å². The molecule has 2 amide bonds. The highest BCUT2D eigenvalue weighted by Crippen LogP contribution is 2.18. The van der Waals surface area contributed by atoms with Crippen molar-refractivity contribution in [1.29, 1.82) is 0 Å². The van der Waals surface area contributed by atoms with Gasteiger partial charge in [0.2, 0.25) is 11.8 Å². The molecule has 0 atom stereocenters. The van der Waals surface area contributed by atoms with Crippen molar-refractivity contribution in [2.24, 2.45) is 0 Å². The first-order chi connectivity index (χ1) is 12.5. The van der Waals surface area contributed by atoms with Crippen LogP contribution in [0, 0.1) is 6.92 Å². The molecule has 1 saturated heterocycles. The molecule has 1 heterocycles. The smallest absolute Gasteiger partial charge is 0.242 e. The summed E-state index contributed by atoms with van der Waals surface area (Å²) >= 11 is 0. The monoisotopic (exact) mass is 351 g/mol. The molecule has 0 radical (unpaired) electrons. The van der Waals surface area contributed by atoms with E-state index in [4.69, 9.17) is 0 Å². The lowest BCUT2D eigenvalue weighted by Gasteiger charge is -2.37. The van der Waals surface area contributed by atoms with Crippen molar-refractivity contribution in [3.05, 3.63) is 60.2 Å². The Balaban J connectivity index is 1.61. The van der Waals surface area contributed by atoms with Gasteiger partial charge >= 0.3 is 0 Å². The Morgan fingerprint density at radius 3 is 2.27 bits per heavy atom. The maximum Gasteiger partial charge on any atom is 0.242 e. The fourth-order valence-electron chi connectivity index (χ4n) is 3.27.